The van der Waals surface area contributed by atoms with Gasteiger partial charge in [-0.3, -0.25) is 0 Å². The summed E-state index contributed by atoms with van der Waals surface area (Å²) in [6, 6.07) is 6.70. The van der Waals surface area contributed by atoms with E-state index in [9.17, 15) is 8.42 Å². The van der Waals surface area contributed by atoms with Crippen LogP contribution in [0.3, 0.4) is 0 Å². The SMILES string of the molecule is CN1CCCC1CCNS(=O)(=O)c1ccc(Cl)cc1. The smallest absolute Gasteiger partial charge is 0.240 e. The van der Waals surface area contributed by atoms with Gasteiger partial charge in [0.2, 0.25) is 10.0 Å². The van der Waals surface area contributed by atoms with Gasteiger partial charge in [-0.1, -0.05) is 11.6 Å². The highest BCUT2D eigenvalue weighted by Crippen LogP contribution is 2.18. The Kier molecular flexibility index (Phi) is 4.84. The van der Waals surface area contributed by atoms with Gasteiger partial charge in [-0.15, -0.1) is 0 Å². The van der Waals surface area contributed by atoms with E-state index >= 15 is 0 Å². The van der Waals surface area contributed by atoms with Crippen molar-refractivity contribution in [1.82, 2.24) is 9.62 Å². The third-order valence-electron chi connectivity index (χ3n) is 3.57. The first-order valence-corrected chi connectivity index (χ1v) is 8.30. The zero-order valence-electron chi connectivity index (χ0n) is 11.0. The number of likely N-dealkylation sites (tertiary alicyclic amines) is 1. The number of nitrogens with one attached hydrogen (secondary N) is 1. The van der Waals surface area contributed by atoms with Crippen molar-refractivity contribution in [3.8, 4) is 0 Å². The molecule has 2 rings (SSSR count). The maximum atomic E-state index is 12.0. The number of hydrogen-bond acceptors (Lipinski definition) is 3. The first-order chi connectivity index (χ1) is 8.99. The third kappa shape index (κ3) is 3.92. The lowest BCUT2D eigenvalue weighted by Crippen LogP contribution is -2.31. The first-order valence-electron chi connectivity index (χ1n) is 6.44. The molecule has 0 spiro atoms. The predicted molar refractivity (Wildman–Crippen MR) is 76.9 cm³/mol. The minimum Gasteiger partial charge on any atom is -0.303 e. The van der Waals surface area contributed by atoms with Gasteiger partial charge >= 0.3 is 0 Å². The Labute approximate surface area is 119 Å². The standard InChI is InChI=1S/C13H19ClN2O2S/c1-16-10-2-3-12(16)8-9-15-19(17,18)13-6-4-11(14)5-7-13/h4-7,12,15H,2-3,8-10H2,1H3. The van der Waals surface area contributed by atoms with Crippen LogP contribution in [0.15, 0.2) is 29.2 Å². The topological polar surface area (TPSA) is 49.4 Å². The lowest BCUT2D eigenvalue weighted by Gasteiger charge is -2.19. The predicted octanol–water partition coefficient (Wildman–Crippen LogP) is 2.10. The highest BCUT2D eigenvalue weighted by atomic mass is 35.5. The molecule has 0 radical (unpaired) electrons. The van der Waals surface area contributed by atoms with Gasteiger partial charge in [0.05, 0.1) is 4.90 Å². The molecule has 1 unspecified atom stereocenters. The Morgan fingerprint density at radius 1 is 1.37 bits per heavy atom. The second kappa shape index (κ2) is 6.22. The molecule has 106 valence electrons. The Hall–Kier alpha value is -0.620. The zero-order valence-corrected chi connectivity index (χ0v) is 12.5. The Morgan fingerprint density at radius 2 is 2.05 bits per heavy atom. The molecule has 1 saturated heterocycles. The van der Waals surface area contributed by atoms with Crippen molar-refractivity contribution < 1.29 is 8.42 Å². The van der Waals surface area contributed by atoms with Crippen LogP contribution in [0, 0.1) is 0 Å². The van der Waals surface area contributed by atoms with Crippen LogP contribution < -0.4 is 4.72 Å². The van der Waals surface area contributed by atoms with E-state index in [0.717, 1.165) is 19.4 Å². The van der Waals surface area contributed by atoms with E-state index in [-0.39, 0.29) is 4.90 Å². The minimum absolute atomic E-state index is 0.261. The quantitative estimate of drug-likeness (QED) is 0.906. The fraction of sp³-hybridized carbons (Fsp3) is 0.538. The van der Waals surface area contributed by atoms with Crippen molar-refractivity contribution in [2.45, 2.75) is 30.2 Å². The van der Waals surface area contributed by atoms with Crippen LogP contribution in [0.4, 0.5) is 0 Å². The highest BCUT2D eigenvalue weighted by molar-refractivity contribution is 7.89. The second-order valence-corrected chi connectivity index (χ2v) is 7.12. The Morgan fingerprint density at radius 3 is 2.63 bits per heavy atom. The third-order valence-corrected chi connectivity index (χ3v) is 5.29. The van der Waals surface area contributed by atoms with Crippen molar-refractivity contribution in [1.29, 1.82) is 0 Å². The molecule has 0 aliphatic carbocycles. The normalized spacial score (nSPS) is 20.8. The van der Waals surface area contributed by atoms with Crippen molar-refractivity contribution in [3.63, 3.8) is 0 Å². The number of rotatable bonds is 5. The molecule has 19 heavy (non-hydrogen) atoms. The number of hydrogen-bond donors (Lipinski definition) is 1. The average molecular weight is 303 g/mol. The summed E-state index contributed by atoms with van der Waals surface area (Å²) in [7, 11) is -1.32. The summed E-state index contributed by atoms with van der Waals surface area (Å²) in [5.74, 6) is 0. The molecular formula is C13H19ClN2O2S. The number of sulfonamides is 1. The van der Waals surface area contributed by atoms with E-state index in [1.54, 1.807) is 12.1 Å². The van der Waals surface area contributed by atoms with E-state index in [0.29, 0.717) is 17.6 Å². The summed E-state index contributed by atoms with van der Waals surface area (Å²) in [6.45, 7) is 1.58. The van der Waals surface area contributed by atoms with Gasteiger partial charge in [0.15, 0.2) is 0 Å². The molecule has 0 aromatic heterocycles. The van der Waals surface area contributed by atoms with Crippen molar-refractivity contribution in [3.05, 3.63) is 29.3 Å². The van der Waals surface area contributed by atoms with E-state index in [4.69, 9.17) is 11.6 Å². The monoisotopic (exact) mass is 302 g/mol. The zero-order chi connectivity index (χ0) is 13.9. The molecule has 1 heterocycles. The molecule has 1 aromatic carbocycles. The van der Waals surface area contributed by atoms with Gasteiger partial charge in [0.1, 0.15) is 0 Å². The fourth-order valence-corrected chi connectivity index (χ4v) is 3.57. The maximum Gasteiger partial charge on any atom is 0.240 e. The highest BCUT2D eigenvalue weighted by Gasteiger charge is 2.21. The molecule has 1 fully saturated rings. The fourth-order valence-electron chi connectivity index (χ4n) is 2.40. The molecule has 0 amide bonds. The van der Waals surface area contributed by atoms with E-state index in [2.05, 4.69) is 16.7 Å². The van der Waals surface area contributed by atoms with Crippen molar-refractivity contribution >= 4 is 21.6 Å². The van der Waals surface area contributed by atoms with Crippen LogP contribution in [0.2, 0.25) is 5.02 Å². The van der Waals surface area contributed by atoms with Crippen molar-refractivity contribution in [2.75, 3.05) is 20.1 Å². The van der Waals surface area contributed by atoms with Gasteiger partial charge in [0, 0.05) is 17.6 Å². The van der Waals surface area contributed by atoms with Gasteiger partial charge in [-0.05, 0) is 57.1 Å². The summed E-state index contributed by atoms with van der Waals surface area (Å²) in [6.07, 6.45) is 3.20. The molecule has 0 saturated carbocycles. The van der Waals surface area contributed by atoms with Crippen LogP contribution in [-0.4, -0.2) is 39.5 Å². The molecule has 6 heteroatoms. The first kappa shape index (κ1) is 14.8. The van der Waals surface area contributed by atoms with Crippen LogP contribution >= 0.6 is 11.6 Å². The molecule has 1 atom stereocenters. The second-order valence-electron chi connectivity index (χ2n) is 4.92. The van der Waals surface area contributed by atoms with Crippen LogP contribution in [0.1, 0.15) is 19.3 Å². The lowest BCUT2D eigenvalue weighted by molar-refractivity contribution is 0.297. The lowest BCUT2D eigenvalue weighted by atomic mass is 10.1. The van der Waals surface area contributed by atoms with Gasteiger partial charge in [-0.25, -0.2) is 13.1 Å². The van der Waals surface area contributed by atoms with Crippen LogP contribution in [-0.2, 0) is 10.0 Å². The summed E-state index contributed by atoms with van der Waals surface area (Å²) in [5, 5.41) is 0.534. The molecule has 1 aliphatic heterocycles. The molecular weight excluding hydrogens is 284 g/mol. The molecule has 1 N–H and O–H groups in total. The molecule has 1 aliphatic rings. The van der Waals surface area contributed by atoms with E-state index in [1.807, 2.05) is 0 Å². The van der Waals surface area contributed by atoms with Gasteiger partial charge in [0.25, 0.3) is 0 Å². The number of nitrogens with zero attached hydrogens (tertiary/aromatic N) is 1. The summed E-state index contributed by atoms with van der Waals surface area (Å²) in [4.78, 5) is 2.55. The molecule has 1 aromatic rings. The number of halogens is 1. The van der Waals surface area contributed by atoms with Gasteiger partial charge in [-0.2, -0.15) is 0 Å². The van der Waals surface area contributed by atoms with E-state index in [1.165, 1.54) is 18.6 Å². The Balaban J connectivity index is 1.89. The summed E-state index contributed by atoms with van der Waals surface area (Å²) in [5.41, 5.74) is 0. The average Bonchev–Trinajstić information content (AvgIpc) is 2.75. The largest absolute Gasteiger partial charge is 0.303 e. The number of benzene rings is 1. The molecule has 4 nitrogen and oxygen atoms in total. The van der Waals surface area contributed by atoms with Gasteiger partial charge < -0.3 is 4.90 Å². The van der Waals surface area contributed by atoms with Crippen LogP contribution in [0.5, 0.6) is 0 Å². The van der Waals surface area contributed by atoms with Crippen LogP contribution in [0.25, 0.3) is 0 Å². The maximum absolute atomic E-state index is 12.0. The van der Waals surface area contributed by atoms with E-state index < -0.39 is 10.0 Å². The summed E-state index contributed by atoms with van der Waals surface area (Å²) < 4.78 is 26.7. The Bertz CT molecular complexity index is 516. The molecule has 0 bridgehead atoms. The minimum atomic E-state index is -3.41. The van der Waals surface area contributed by atoms with Crippen molar-refractivity contribution in [2.24, 2.45) is 0 Å². The summed E-state index contributed by atoms with van der Waals surface area (Å²) >= 11 is 5.75.